The molecule has 134 valence electrons. The van der Waals surface area contributed by atoms with Gasteiger partial charge in [-0.3, -0.25) is 0 Å². The number of alkyl halides is 3. The van der Waals surface area contributed by atoms with Crippen molar-refractivity contribution in [3.63, 3.8) is 0 Å². The molecule has 0 unspecified atom stereocenters. The molecule has 1 heterocycles. The Balaban J connectivity index is 2.02. The average molecular weight is 435 g/mol. The third kappa shape index (κ3) is 5.89. The normalized spacial score (nSPS) is 12.1. The molecule has 0 aliphatic carbocycles. The predicted octanol–water partition coefficient (Wildman–Crippen LogP) is 2.62. The van der Waals surface area contributed by atoms with Crippen LogP contribution in [-0.2, 0) is 9.59 Å². The molecular weight excluding hydrogens is 422 g/mol. The van der Waals surface area contributed by atoms with Crippen molar-refractivity contribution in [1.82, 2.24) is 10.3 Å². The van der Waals surface area contributed by atoms with Crippen LogP contribution in [0.3, 0.4) is 0 Å². The molecule has 2 aromatic rings. The summed E-state index contributed by atoms with van der Waals surface area (Å²) in [4.78, 5) is 27.6. The molecule has 6 nitrogen and oxygen atoms in total. The minimum atomic E-state index is -4.78. The van der Waals surface area contributed by atoms with Crippen LogP contribution < -0.4 is 15.4 Å². The van der Waals surface area contributed by atoms with Gasteiger partial charge in [0.2, 0.25) is 0 Å². The van der Waals surface area contributed by atoms with Crippen LogP contribution in [0, 0.1) is 0 Å². The first-order valence-corrected chi connectivity index (χ1v) is 8.66. The summed E-state index contributed by atoms with van der Waals surface area (Å²) in [7, 11) is 0. The number of nitrogens with zero attached hydrogens (tertiary/aromatic N) is 1. The first kappa shape index (κ1) is 19.5. The molecule has 1 aromatic heterocycles. The molecule has 25 heavy (non-hydrogen) atoms. The fourth-order valence-electron chi connectivity index (χ4n) is 1.70. The van der Waals surface area contributed by atoms with Crippen molar-refractivity contribution in [2.24, 2.45) is 0 Å². The maximum absolute atomic E-state index is 12.2. The zero-order valence-corrected chi connectivity index (χ0v) is 15.8. The molecule has 0 bridgehead atoms. The van der Waals surface area contributed by atoms with Crippen LogP contribution in [0.15, 0.2) is 18.2 Å². The molecule has 0 atom stereocenters. The van der Waals surface area contributed by atoms with Gasteiger partial charge in [-0.25, -0.2) is 0 Å². The third-order valence-corrected chi connectivity index (χ3v) is 4.16. The summed E-state index contributed by atoms with van der Waals surface area (Å²) in [5, 5.41) is 5.18. The van der Waals surface area contributed by atoms with Crippen LogP contribution in [0.4, 0.5) is 18.3 Å². The van der Waals surface area contributed by atoms with Gasteiger partial charge in [0, 0.05) is 0 Å². The number of ether oxygens (including phenoxy) is 1. The van der Waals surface area contributed by atoms with Gasteiger partial charge in [0.15, 0.2) is 0 Å². The van der Waals surface area contributed by atoms with E-state index in [1.807, 2.05) is 0 Å². The number of aromatic nitrogens is 1. The molecule has 0 aliphatic heterocycles. The van der Waals surface area contributed by atoms with Gasteiger partial charge in [-0.05, 0) is 0 Å². The number of amides is 2. The Morgan fingerprint density at radius 2 is 2.00 bits per heavy atom. The molecule has 0 fully saturated rings. The van der Waals surface area contributed by atoms with Crippen molar-refractivity contribution < 1.29 is 27.5 Å². The molecule has 2 rings (SSSR count). The van der Waals surface area contributed by atoms with Gasteiger partial charge in [0.05, 0.1) is 0 Å². The van der Waals surface area contributed by atoms with Crippen LogP contribution >= 0.6 is 11.3 Å². The van der Waals surface area contributed by atoms with Crippen molar-refractivity contribution in [2.45, 2.75) is 24.4 Å². The minimum absolute atomic E-state index is 0.213. The van der Waals surface area contributed by atoms with Crippen molar-refractivity contribution >= 4 is 55.4 Å². The number of thiazole rings is 1. The summed E-state index contributed by atoms with van der Waals surface area (Å²) in [5.41, 5.74) is 0.422. The number of anilines is 1. The van der Waals surface area contributed by atoms with Gasteiger partial charge >= 0.3 is 140 Å². The second kappa shape index (κ2) is 7.21. The monoisotopic (exact) mass is 435 g/mol. The fourth-order valence-corrected chi connectivity index (χ4v) is 2.77. The van der Waals surface area contributed by atoms with E-state index in [-0.39, 0.29) is 23.3 Å². The van der Waals surface area contributed by atoms with Crippen LogP contribution in [0.25, 0.3) is 10.2 Å². The summed E-state index contributed by atoms with van der Waals surface area (Å²) in [6, 6.07) is 3.69. The van der Waals surface area contributed by atoms with Gasteiger partial charge in [-0.15, -0.1) is 13.2 Å². The van der Waals surface area contributed by atoms with Crippen LogP contribution in [0.5, 0.6) is 5.75 Å². The standard InChI is InChI=1S/C14H13AsF3N3O3S/c1-13(2,15)11(23)19-6-10(22)21-12-20-8-4-3-7(5-9(8)25-12)24-14(16,17)18/h3-5H,6H2,1-2H3,(H,19,23)(H,20,21,22). The molecule has 2 amide bonds. The number of carbonyl (C=O) groups excluding carboxylic acids is 2. The van der Waals surface area contributed by atoms with Gasteiger partial charge in [-0.2, -0.15) is 0 Å². The van der Waals surface area contributed by atoms with E-state index in [1.54, 1.807) is 13.8 Å². The molecule has 2 N–H and O–H groups in total. The van der Waals surface area contributed by atoms with Crippen molar-refractivity contribution in [3.8, 4) is 5.75 Å². The Labute approximate surface area is 153 Å². The van der Waals surface area contributed by atoms with E-state index < -0.39 is 16.5 Å². The summed E-state index contributed by atoms with van der Waals surface area (Å²) in [5.74, 6) is -1.16. The maximum atomic E-state index is 12.2. The average Bonchev–Trinajstić information content (AvgIpc) is 2.83. The molecule has 1 aromatic carbocycles. The van der Waals surface area contributed by atoms with E-state index >= 15 is 0 Å². The van der Waals surface area contributed by atoms with E-state index in [9.17, 15) is 22.8 Å². The Kier molecular flexibility index (Phi) is 5.63. The Hall–Kier alpha value is -1.80. The van der Waals surface area contributed by atoms with E-state index in [4.69, 9.17) is 0 Å². The number of nitrogens with one attached hydrogen (secondary N) is 2. The van der Waals surface area contributed by atoms with Crippen molar-refractivity contribution in [2.75, 3.05) is 11.9 Å². The Morgan fingerprint density at radius 1 is 1.32 bits per heavy atom. The summed E-state index contributed by atoms with van der Waals surface area (Å²) in [6.45, 7) is 3.14. The predicted molar refractivity (Wildman–Crippen MR) is 87.7 cm³/mol. The van der Waals surface area contributed by atoms with Crippen molar-refractivity contribution in [1.29, 1.82) is 0 Å². The Morgan fingerprint density at radius 3 is 2.60 bits per heavy atom. The molecular formula is C14H13AsF3N3O3S. The number of hydrogen-bond donors (Lipinski definition) is 2. The van der Waals surface area contributed by atoms with Crippen molar-refractivity contribution in [3.05, 3.63) is 18.2 Å². The number of halogens is 3. The van der Waals surface area contributed by atoms with Gasteiger partial charge < -0.3 is 0 Å². The summed E-state index contributed by atoms with van der Waals surface area (Å²) in [6.07, 6.45) is -4.78. The zero-order valence-electron chi connectivity index (χ0n) is 13.1. The molecule has 0 aliphatic rings. The van der Waals surface area contributed by atoms with Gasteiger partial charge in [-0.1, -0.05) is 0 Å². The van der Waals surface area contributed by atoms with E-state index in [2.05, 4.69) is 37.2 Å². The second-order valence-corrected chi connectivity index (χ2v) is 8.86. The number of fused-ring (bicyclic) bond motifs is 1. The van der Waals surface area contributed by atoms with E-state index in [1.165, 1.54) is 12.1 Å². The van der Waals surface area contributed by atoms with Crippen LogP contribution in [0.2, 0.25) is 4.20 Å². The molecule has 0 saturated heterocycles. The topological polar surface area (TPSA) is 80.3 Å². The summed E-state index contributed by atoms with van der Waals surface area (Å²) >= 11 is 3.20. The number of benzene rings is 1. The molecule has 11 heteroatoms. The van der Waals surface area contributed by atoms with Crippen LogP contribution in [0.1, 0.15) is 13.8 Å². The van der Waals surface area contributed by atoms with E-state index in [0.29, 0.717) is 10.2 Å². The molecule has 2 radical (unpaired) electrons. The van der Waals surface area contributed by atoms with E-state index in [0.717, 1.165) is 17.4 Å². The summed E-state index contributed by atoms with van der Waals surface area (Å²) < 4.78 is 40.3. The Bertz CT molecular complexity index is 802. The molecule has 0 spiro atoms. The number of carbonyl (C=O) groups is 2. The number of rotatable bonds is 5. The van der Waals surface area contributed by atoms with Gasteiger partial charge in [0.1, 0.15) is 0 Å². The first-order chi connectivity index (χ1) is 11.4. The SMILES string of the molecule is CC(C)([As])C(=O)NCC(=O)Nc1nc2ccc(OC(F)(F)F)cc2s1. The quantitative estimate of drug-likeness (QED) is 0.708. The fraction of sp³-hybridized carbons (Fsp3) is 0.357. The van der Waals surface area contributed by atoms with Gasteiger partial charge in [0.25, 0.3) is 0 Å². The first-order valence-electron chi connectivity index (χ1n) is 6.91. The second-order valence-electron chi connectivity index (χ2n) is 5.49. The molecule has 0 saturated carbocycles. The van der Waals surface area contributed by atoms with Crippen LogP contribution in [-0.4, -0.2) is 46.6 Å². The zero-order chi connectivity index (χ0) is 18.8. The third-order valence-electron chi connectivity index (χ3n) is 2.81. The number of hydrogen-bond acceptors (Lipinski definition) is 5.